The topological polar surface area (TPSA) is 21.3 Å². The first-order chi connectivity index (χ1) is 24.3. The number of benzene rings is 8. The number of nitrogens with zero attached hydrogens (tertiary/aromatic N) is 2. The fourth-order valence-corrected chi connectivity index (χ4v) is 7.59. The average Bonchev–Trinajstić information content (AvgIpc) is 3.73. The van der Waals surface area contributed by atoms with Gasteiger partial charge in [-0.15, -0.1) is 0 Å². The molecule has 3 nitrogen and oxygen atoms in total. The Morgan fingerprint density at radius 3 is 1.88 bits per heavy atom. The van der Waals surface area contributed by atoms with Crippen LogP contribution in [0.1, 0.15) is 0 Å². The van der Waals surface area contributed by atoms with Crippen LogP contribution in [0, 0.1) is 0 Å². The van der Waals surface area contributed by atoms with Gasteiger partial charge in [0.1, 0.15) is 11.2 Å². The average molecular weight is 627 g/mol. The zero-order chi connectivity index (χ0) is 32.3. The first-order valence-corrected chi connectivity index (χ1v) is 16.7. The molecule has 8 aromatic carbocycles. The molecular formula is C46H30N2O. The van der Waals surface area contributed by atoms with Gasteiger partial charge < -0.3 is 13.9 Å². The van der Waals surface area contributed by atoms with Crippen molar-refractivity contribution in [3.05, 3.63) is 182 Å². The number of furan rings is 1. The summed E-state index contributed by atoms with van der Waals surface area (Å²) in [5.41, 5.74) is 10.9. The zero-order valence-corrected chi connectivity index (χ0v) is 26.6. The number of rotatable bonds is 5. The summed E-state index contributed by atoms with van der Waals surface area (Å²) in [5, 5.41) is 7.04. The molecule has 0 atom stereocenters. The predicted octanol–water partition coefficient (Wildman–Crippen LogP) is 13.0. The van der Waals surface area contributed by atoms with E-state index in [1.54, 1.807) is 0 Å². The summed E-state index contributed by atoms with van der Waals surface area (Å²) in [5.74, 6) is 0. The second-order valence-electron chi connectivity index (χ2n) is 12.5. The lowest BCUT2D eigenvalue weighted by Crippen LogP contribution is -2.10. The van der Waals surface area contributed by atoms with E-state index in [9.17, 15) is 0 Å². The second kappa shape index (κ2) is 11.0. The molecule has 0 amide bonds. The van der Waals surface area contributed by atoms with Crippen LogP contribution in [0.5, 0.6) is 0 Å². The van der Waals surface area contributed by atoms with Crippen molar-refractivity contribution in [2.75, 3.05) is 4.90 Å². The van der Waals surface area contributed by atoms with Crippen LogP contribution >= 0.6 is 0 Å². The van der Waals surface area contributed by atoms with Gasteiger partial charge in [-0.2, -0.15) is 0 Å². The number of fused-ring (bicyclic) bond motifs is 8. The van der Waals surface area contributed by atoms with Gasteiger partial charge in [0.15, 0.2) is 0 Å². The molecular weight excluding hydrogens is 597 g/mol. The van der Waals surface area contributed by atoms with Crippen molar-refractivity contribution in [1.29, 1.82) is 0 Å². The van der Waals surface area contributed by atoms with E-state index < -0.39 is 0 Å². The monoisotopic (exact) mass is 626 g/mol. The Kier molecular flexibility index (Phi) is 6.18. The van der Waals surface area contributed by atoms with Gasteiger partial charge in [0.2, 0.25) is 0 Å². The number of hydrogen-bond acceptors (Lipinski definition) is 2. The van der Waals surface area contributed by atoms with Crippen molar-refractivity contribution in [2.24, 2.45) is 0 Å². The molecule has 0 unspecified atom stereocenters. The SMILES string of the molecule is c1ccc(N(c2ccc(-c3cccc4c3oc3c5ccccc5ccc43)cc2)c2cccc3c2c2ccccc2n3-c2ccccc2)cc1. The summed E-state index contributed by atoms with van der Waals surface area (Å²) in [6.07, 6.45) is 0. The molecule has 0 bridgehead atoms. The quantitative estimate of drug-likeness (QED) is 0.190. The molecule has 0 fully saturated rings. The first kappa shape index (κ1) is 27.5. The lowest BCUT2D eigenvalue weighted by molar-refractivity contribution is 0.674. The maximum Gasteiger partial charge on any atom is 0.143 e. The maximum absolute atomic E-state index is 6.68. The maximum atomic E-state index is 6.68. The highest BCUT2D eigenvalue weighted by Gasteiger charge is 2.21. The van der Waals surface area contributed by atoms with Gasteiger partial charge in [-0.1, -0.05) is 121 Å². The second-order valence-corrected chi connectivity index (χ2v) is 12.5. The summed E-state index contributed by atoms with van der Waals surface area (Å²) < 4.78 is 9.06. The minimum absolute atomic E-state index is 0.917. The molecule has 3 heteroatoms. The molecule has 0 N–H and O–H groups in total. The molecule has 0 aliphatic rings. The molecule has 10 rings (SSSR count). The molecule has 0 radical (unpaired) electrons. The summed E-state index contributed by atoms with van der Waals surface area (Å²) in [7, 11) is 0. The fraction of sp³-hybridized carbons (Fsp3) is 0. The third-order valence-corrected chi connectivity index (χ3v) is 9.77. The summed E-state index contributed by atoms with van der Waals surface area (Å²) in [4.78, 5) is 2.38. The molecule has 10 aromatic rings. The molecule has 2 aromatic heterocycles. The molecule has 0 aliphatic carbocycles. The van der Waals surface area contributed by atoms with Crippen LogP contribution in [0.2, 0.25) is 0 Å². The third kappa shape index (κ3) is 4.29. The summed E-state index contributed by atoms with van der Waals surface area (Å²) >= 11 is 0. The minimum atomic E-state index is 0.917. The molecule has 230 valence electrons. The van der Waals surface area contributed by atoms with Gasteiger partial charge in [0.05, 0.1) is 16.7 Å². The molecule has 0 saturated heterocycles. The Labute approximate surface area is 283 Å². The van der Waals surface area contributed by atoms with Crippen LogP contribution in [-0.2, 0) is 0 Å². The van der Waals surface area contributed by atoms with E-state index in [-0.39, 0.29) is 0 Å². The van der Waals surface area contributed by atoms with Gasteiger partial charge >= 0.3 is 0 Å². The minimum Gasteiger partial charge on any atom is -0.455 e. The number of anilines is 3. The smallest absolute Gasteiger partial charge is 0.143 e. The molecule has 0 spiro atoms. The van der Waals surface area contributed by atoms with Gasteiger partial charge in [0.25, 0.3) is 0 Å². The van der Waals surface area contributed by atoms with Crippen molar-refractivity contribution in [3.63, 3.8) is 0 Å². The largest absolute Gasteiger partial charge is 0.455 e. The van der Waals surface area contributed by atoms with Crippen molar-refractivity contribution in [2.45, 2.75) is 0 Å². The van der Waals surface area contributed by atoms with Crippen LogP contribution in [-0.4, -0.2) is 4.57 Å². The van der Waals surface area contributed by atoms with E-state index in [4.69, 9.17) is 4.42 Å². The van der Waals surface area contributed by atoms with Gasteiger partial charge in [-0.3, -0.25) is 0 Å². The van der Waals surface area contributed by atoms with Gasteiger partial charge in [-0.25, -0.2) is 0 Å². The van der Waals surface area contributed by atoms with E-state index in [1.165, 1.54) is 27.2 Å². The molecule has 49 heavy (non-hydrogen) atoms. The number of aromatic nitrogens is 1. The van der Waals surface area contributed by atoms with E-state index in [0.717, 1.165) is 61.2 Å². The van der Waals surface area contributed by atoms with Crippen LogP contribution in [0.15, 0.2) is 186 Å². The van der Waals surface area contributed by atoms with E-state index in [2.05, 4.69) is 191 Å². The van der Waals surface area contributed by atoms with Crippen molar-refractivity contribution < 1.29 is 4.42 Å². The first-order valence-electron chi connectivity index (χ1n) is 16.7. The molecule has 0 saturated carbocycles. The van der Waals surface area contributed by atoms with Crippen LogP contribution < -0.4 is 4.90 Å². The highest BCUT2D eigenvalue weighted by Crippen LogP contribution is 2.45. The van der Waals surface area contributed by atoms with Crippen LogP contribution in [0.25, 0.3) is 71.3 Å². The highest BCUT2D eigenvalue weighted by atomic mass is 16.3. The standard InChI is InChI=1S/C46H30N2O/c1-3-14-33(15-4-1)47(42-23-12-24-43-44(42)40-19-9-10-22-41(40)48(43)34-16-5-2-6-17-34)35-28-25-32(26-29-35)37-20-11-21-38-39-30-27-31-13-7-8-18-36(31)46(39)49-45(37)38/h1-30H. The third-order valence-electron chi connectivity index (χ3n) is 9.77. The normalized spacial score (nSPS) is 11.7. The lowest BCUT2D eigenvalue weighted by Gasteiger charge is -2.26. The van der Waals surface area contributed by atoms with Crippen molar-refractivity contribution in [3.8, 4) is 16.8 Å². The Balaban J connectivity index is 1.16. The van der Waals surface area contributed by atoms with Crippen LogP contribution in [0.3, 0.4) is 0 Å². The van der Waals surface area contributed by atoms with Crippen molar-refractivity contribution in [1.82, 2.24) is 4.57 Å². The number of para-hydroxylation sites is 4. The molecule has 2 heterocycles. The van der Waals surface area contributed by atoms with Crippen molar-refractivity contribution >= 4 is 71.6 Å². The fourth-order valence-electron chi connectivity index (χ4n) is 7.59. The Hall–Kier alpha value is -6.58. The summed E-state index contributed by atoms with van der Waals surface area (Å²) in [6, 6.07) is 64.8. The van der Waals surface area contributed by atoms with Crippen LogP contribution in [0.4, 0.5) is 17.1 Å². The Morgan fingerprint density at radius 2 is 1.04 bits per heavy atom. The highest BCUT2D eigenvalue weighted by molar-refractivity contribution is 6.18. The van der Waals surface area contributed by atoms with E-state index in [1.807, 2.05) is 0 Å². The Bertz CT molecular complexity index is 2810. The zero-order valence-electron chi connectivity index (χ0n) is 26.6. The van der Waals surface area contributed by atoms with Gasteiger partial charge in [-0.05, 0) is 71.6 Å². The number of hydrogen-bond donors (Lipinski definition) is 0. The Morgan fingerprint density at radius 1 is 0.408 bits per heavy atom. The van der Waals surface area contributed by atoms with E-state index in [0.29, 0.717) is 0 Å². The van der Waals surface area contributed by atoms with E-state index >= 15 is 0 Å². The lowest BCUT2D eigenvalue weighted by atomic mass is 10.0. The van der Waals surface area contributed by atoms with Gasteiger partial charge in [0, 0.05) is 49.6 Å². The molecule has 0 aliphatic heterocycles. The summed E-state index contributed by atoms with van der Waals surface area (Å²) in [6.45, 7) is 0. The predicted molar refractivity (Wildman–Crippen MR) is 206 cm³/mol.